The molecule has 0 aromatic rings. The molecule has 2 heteroatoms. The summed E-state index contributed by atoms with van der Waals surface area (Å²) < 4.78 is 0. The Labute approximate surface area is 114 Å². The Kier molecular flexibility index (Phi) is 5.67. The van der Waals surface area contributed by atoms with Gasteiger partial charge in [-0.05, 0) is 51.5 Å². The molecule has 4 atom stereocenters. The predicted molar refractivity (Wildman–Crippen MR) is 78.6 cm³/mol. The zero-order chi connectivity index (χ0) is 13.9. The SMILES string of the molecule is CNC1C(C)CC(CCC(C)C)CC1C(C)(C)O. The van der Waals surface area contributed by atoms with Gasteiger partial charge in [-0.2, -0.15) is 0 Å². The zero-order valence-corrected chi connectivity index (χ0v) is 13.2. The van der Waals surface area contributed by atoms with Crippen molar-refractivity contribution < 1.29 is 5.11 Å². The number of hydrogen-bond donors (Lipinski definition) is 2. The molecule has 0 heterocycles. The van der Waals surface area contributed by atoms with E-state index in [4.69, 9.17) is 0 Å². The molecule has 2 N–H and O–H groups in total. The van der Waals surface area contributed by atoms with Gasteiger partial charge >= 0.3 is 0 Å². The van der Waals surface area contributed by atoms with Gasteiger partial charge in [-0.3, -0.25) is 0 Å². The van der Waals surface area contributed by atoms with E-state index in [-0.39, 0.29) is 0 Å². The van der Waals surface area contributed by atoms with Gasteiger partial charge in [0.25, 0.3) is 0 Å². The minimum atomic E-state index is -0.571. The fraction of sp³-hybridized carbons (Fsp3) is 1.00. The largest absolute Gasteiger partial charge is 0.390 e. The van der Waals surface area contributed by atoms with Crippen LogP contribution in [0.3, 0.4) is 0 Å². The molecule has 0 saturated heterocycles. The molecular formula is C16H33NO. The minimum absolute atomic E-state index is 0.378. The first-order valence-corrected chi connectivity index (χ1v) is 7.65. The van der Waals surface area contributed by atoms with E-state index in [1.54, 1.807) is 0 Å². The Morgan fingerprint density at radius 2 is 1.89 bits per heavy atom. The third kappa shape index (κ3) is 4.24. The highest BCUT2D eigenvalue weighted by molar-refractivity contribution is 4.95. The molecule has 0 aromatic heterocycles. The van der Waals surface area contributed by atoms with Gasteiger partial charge < -0.3 is 10.4 Å². The quantitative estimate of drug-likeness (QED) is 0.788. The number of aliphatic hydroxyl groups is 1. The molecule has 108 valence electrons. The molecule has 4 unspecified atom stereocenters. The van der Waals surface area contributed by atoms with Crippen LogP contribution in [0.4, 0.5) is 0 Å². The van der Waals surface area contributed by atoms with Gasteiger partial charge in [-0.15, -0.1) is 0 Å². The van der Waals surface area contributed by atoms with Gasteiger partial charge in [-0.25, -0.2) is 0 Å². The Morgan fingerprint density at radius 1 is 1.28 bits per heavy atom. The number of hydrogen-bond acceptors (Lipinski definition) is 2. The van der Waals surface area contributed by atoms with Crippen LogP contribution in [-0.2, 0) is 0 Å². The van der Waals surface area contributed by atoms with Crippen molar-refractivity contribution in [2.24, 2.45) is 23.7 Å². The molecular weight excluding hydrogens is 222 g/mol. The fourth-order valence-corrected chi connectivity index (χ4v) is 3.69. The maximum Gasteiger partial charge on any atom is 0.0634 e. The lowest BCUT2D eigenvalue weighted by Crippen LogP contribution is -2.52. The zero-order valence-electron chi connectivity index (χ0n) is 13.2. The third-order valence-corrected chi connectivity index (χ3v) is 4.73. The smallest absolute Gasteiger partial charge is 0.0634 e. The minimum Gasteiger partial charge on any atom is -0.390 e. The van der Waals surface area contributed by atoms with E-state index in [2.05, 4.69) is 26.1 Å². The highest BCUT2D eigenvalue weighted by atomic mass is 16.3. The summed E-state index contributed by atoms with van der Waals surface area (Å²) in [5.41, 5.74) is -0.571. The van der Waals surface area contributed by atoms with Gasteiger partial charge in [0.2, 0.25) is 0 Å². The molecule has 0 amide bonds. The fourth-order valence-electron chi connectivity index (χ4n) is 3.69. The van der Waals surface area contributed by atoms with Crippen molar-refractivity contribution in [1.29, 1.82) is 0 Å². The highest BCUT2D eigenvalue weighted by Gasteiger charge is 2.41. The lowest BCUT2D eigenvalue weighted by Gasteiger charge is -2.46. The van der Waals surface area contributed by atoms with Gasteiger partial charge in [0.05, 0.1) is 5.60 Å². The van der Waals surface area contributed by atoms with Gasteiger partial charge in [0, 0.05) is 12.0 Å². The van der Waals surface area contributed by atoms with Gasteiger partial charge in [0.15, 0.2) is 0 Å². The van der Waals surface area contributed by atoms with Crippen molar-refractivity contribution in [1.82, 2.24) is 5.32 Å². The molecule has 0 bridgehead atoms. The molecule has 0 spiro atoms. The Balaban J connectivity index is 2.68. The van der Waals surface area contributed by atoms with Crippen LogP contribution in [0.2, 0.25) is 0 Å². The van der Waals surface area contributed by atoms with Crippen molar-refractivity contribution in [3.05, 3.63) is 0 Å². The van der Waals surface area contributed by atoms with Crippen molar-refractivity contribution in [3.63, 3.8) is 0 Å². The van der Waals surface area contributed by atoms with Crippen LogP contribution in [-0.4, -0.2) is 23.8 Å². The Morgan fingerprint density at radius 3 is 2.33 bits per heavy atom. The lowest BCUT2D eigenvalue weighted by atomic mass is 9.65. The second-order valence-corrected chi connectivity index (χ2v) is 7.36. The molecule has 0 radical (unpaired) electrons. The second kappa shape index (κ2) is 6.38. The van der Waals surface area contributed by atoms with E-state index in [9.17, 15) is 5.11 Å². The molecule has 1 aliphatic carbocycles. The third-order valence-electron chi connectivity index (χ3n) is 4.73. The van der Waals surface area contributed by atoms with E-state index in [1.807, 2.05) is 20.9 Å². The number of rotatable bonds is 5. The summed E-state index contributed by atoms with van der Waals surface area (Å²) in [5, 5.41) is 13.9. The summed E-state index contributed by atoms with van der Waals surface area (Å²) in [6, 6.07) is 0.459. The van der Waals surface area contributed by atoms with E-state index in [1.165, 1.54) is 25.7 Å². The summed E-state index contributed by atoms with van der Waals surface area (Å²) in [6.07, 6.45) is 5.13. The maximum absolute atomic E-state index is 10.4. The molecule has 1 rings (SSSR count). The maximum atomic E-state index is 10.4. The lowest BCUT2D eigenvalue weighted by molar-refractivity contribution is -0.0398. The topological polar surface area (TPSA) is 32.3 Å². The normalized spacial score (nSPS) is 34.0. The van der Waals surface area contributed by atoms with Gasteiger partial charge in [-0.1, -0.05) is 33.6 Å². The second-order valence-electron chi connectivity index (χ2n) is 7.36. The first kappa shape index (κ1) is 16.0. The molecule has 1 saturated carbocycles. The van der Waals surface area contributed by atoms with E-state index in [0.717, 1.165) is 11.8 Å². The molecule has 0 aliphatic heterocycles. The summed E-state index contributed by atoms with van der Waals surface area (Å²) in [5.74, 6) is 2.63. The first-order chi connectivity index (χ1) is 8.25. The molecule has 18 heavy (non-hydrogen) atoms. The number of nitrogens with one attached hydrogen (secondary N) is 1. The van der Waals surface area contributed by atoms with Crippen molar-refractivity contribution >= 4 is 0 Å². The summed E-state index contributed by atoms with van der Waals surface area (Å²) >= 11 is 0. The van der Waals surface area contributed by atoms with E-state index < -0.39 is 5.60 Å². The van der Waals surface area contributed by atoms with E-state index >= 15 is 0 Å². The van der Waals surface area contributed by atoms with Crippen molar-refractivity contribution in [2.75, 3.05) is 7.05 Å². The molecule has 1 aliphatic rings. The standard InChI is InChI=1S/C16H33NO/c1-11(2)7-8-13-9-12(3)15(17-6)14(10-13)16(4,5)18/h11-15,17-18H,7-10H2,1-6H3. The average molecular weight is 255 g/mol. The molecule has 1 fully saturated rings. The average Bonchev–Trinajstić information content (AvgIpc) is 2.24. The van der Waals surface area contributed by atoms with Crippen LogP contribution in [0.5, 0.6) is 0 Å². The van der Waals surface area contributed by atoms with Crippen LogP contribution in [0.25, 0.3) is 0 Å². The first-order valence-electron chi connectivity index (χ1n) is 7.65. The van der Waals surface area contributed by atoms with Crippen LogP contribution < -0.4 is 5.32 Å². The van der Waals surface area contributed by atoms with Crippen molar-refractivity contribution in [3.8, 4) is 0 Å². The van der Waals surface area contributed by atoms with Crippen LogP contribution in [0.1, 0.15) is 60.3 Å². The summed E-state index contributed by atoms with van der Waals surface area (Å²) in [4.78, 5) is 0. The Bertz CT molecular complexity index is 244. The monoisotopic (exact) mass is 255 g/mol. The van der Waals surface area contributed by atoms with Crippen molar-refractivity contribution in [2.45, 2.75) is 71.9 Å². The van der Waals surface area contributed by atoms with Crippen LogP contribution >= 0.6 is 0 Å². The Hall–Kier alpha value is -0.0800. The highest BCUT2D eigenvalue weighted by Crippen LogP contribution is 2.41. The van der Waals surface area contributed by atoms with Crippen LogP contribution in [0, 0.1) is 23.7 Å². The van der Waals surface area contributed by atoms with Gasteiger partial charge in [0.1, 0.15) is 0 Å². The molecule has 2 nitrogen and oxygen atoms in total. The summed E-state index contributed by atoms with van der Waals surface area (Å²) in [6.45, 7) is 10.9. The van der Waals surface area contributed by atoms with E-state index in [0.29, 0.717) is 17.9 Å². The van der Waals surface area contributed by atoms with Crippen LogP contribution in [0.15, 0.2) is 0 Å². The molecule has 0 aromatic carbocycles. The predicted octanol–water partition coefficient (Wildman–Crippen LogP) is 3.44. The summed E-state index contributed by atoms with van der Waals surface area (Å²) in [7, 11) is 2.04.